The number of amides is 1. The molecule has 0 N–H and O–H groups in total. The normalized spacial score (nSPS) is 21.8. The molecule has 0 fully saturated rings. The van der Waals surface area contributed by atoms with E-state index in [1.807, 2.05) is 0 Å². The van der Waals surface area contributed by atoms with Gasteiger partial charge in [0, 0.05) is 0 Å². The van der Waals surface area contributed by atoms with Crippen LogP contribution >= 0.6 is 0 Å². The maximum absolute atomic E-state index is 11.2. The molecule has 12 heavy (non-hydrogen) atoms. The predicted molar refractivity (Wildman–Crippen MR) is 43.2 cm³/mol. The van der Waals surface area contributed by atoms with Gasteiger partial charge in [0.05, 0.1) is 12.8 Å². The van der Waals surface area contributed by atoms with Crippen LogP contribution in [0.4, 0.5) is 4.79 Å². The van der Waals surface area contributed by atoms with Crippen LogP contribution < -0.4 is 0 Å². The Balaban J connectivity index is 2.57. The average Bonchev–Trinajstić information content (AvgIpc) is 2.30. The number of ether oxygens (including phenoxy) is 2. The average molecular weight is 171 g/mol. The quantitative estimate of drug-likeness (QED) is 0.602. The summed E-state index contributed by atoms with van der Waals surface area (Å²) in [6.07, 6.45) is 1.04. The van der Waals surface area contributed by atoms with E-state index in [2.05, 4.69) is 0 Å². The Labute approximate surface area is 71.7 Å². The molecule has 1 aliphatic rings. The van der Waals surface area contributed by atoms with Crippen molar-refractivity contribution in [3.8, 4) is 0 Å². The van der Waals surface area contributed by atoms with Crippen molar-refractivity contribution >= 4 is 6.09 Å². The Morgan fingerprint density at radius 2 is 2.50 bits per heavy atom. The molecule has 1 atom stereocenters. The maximum Gasteiger partial charge on any atom is 0.416 e. The Bertz CT molecular complexity index is 212. The first-order valence-corrected chi connectivity index (χ1v) is 3.95. The van der Waals surface area contributed by atoms with Gasteiger partial charge in [-0.1, -0.05) is 0 Å². The summed E-state index contributed by atoms with van der Waals surface area (Å²) in [6, 6.07) is 0. The van der Waals surface area contributed by atoms with Crippen LogP contribution in [0.2, 0.25) is 0 Å². The molecule has 1 unspecified atom stereocenters. The molecule has 1 heterocycles. The molecule has 0 saturated heterocycles. The van der Waals surface area contributed by atoms with Crippen molar-refractivity contribution in [3.05, 3.63) is 12.0 Å². The van der Waals surface area contributed by atoms with Gasteiger partial charge in [0.2, 0.25) is 0 Å². The van der Waals surface area contributed by atoms with Crippen molar-refractivity contribution in [2.45, 2.75) is 27.0 Å². The van der Waals surface area contributed by atoms with Gasteiger partial charge in [-0.15, -0.1) is 0 Å². The number of hydrogen-bond acceptors (Lipinski definition) is 3. The zero-order valence-corrected chi connectivity index (χ0v) is 7.53. The van der Waals surface area contributed by atoms with Gasteiger partial charge in [-0.25, -0.2) is 9.69 Å². The number of allylic oxidation sites excluding steroid dienone is 1. The zero-order chi connectivity index (χ0) is 9.14. The fourth-order valence-electron chi connectivity index (χ4n) is 1.06. The van der Waals surface area contributed by atoms with Crippen molar-refractivity contribution in [2.75, 3.05) is 6.61 Å². The fraction of sp³-hybridized carbons (Fsp3) is 0.625. The lowest BCUT2D eigenvalue weighted by atomic mass is 10.6. The third kappa shape index (κ3) is 1.69. The van der Waals surface area contributed by atoms with Gasteiger partial charge in [-0.2, -0.15) is 0 Å². The van der Waals surface area contributed by atoms with Crippen LogP contribution in [0, 0.1) is 0 Å². The molecule has 0 spiro atoms. The summed E-state index contributed by atoms with van der Waals surface area (Å²) in [7, 11) is 0. The molecule has 4 nitrogen and oxygen atoms in total. The second kappa shape index (κ2) is 3.47. The second-order valence-corrected chi connectivity index (χ2v) is 2.56. The number of carbonyl (C=O) groups is 1. The molecule has 0 radical (unpaired) electrons. The largest absolute Gasteiger partial charge is 0.473 e. The first kappa shape index (κ1) is 8.90. The number of carbonyl (C=O) groups excluding carboxylic acids is 1. The summed E-state index contributed by atoms with van der Waals surface area (Å²) < 4.78 is 10.0. The van der Waals surface area contributed by atoms with Gasteiger partial charge in [-0.05, 0) is 20.8 Å². The lowest BCUT2D eigenvalue weighted by Crippen LogP contribution is -2.31. The molecule has 68 valence electrons. The van der Waals surface area contributed by atoms with Gasteiger partial charge >= 0.3 is 6.09 Å². The number of rotatable bonds is 1. The van der Waals surface area contributed by atoms with E-state index in [-0.39, 0.29) is 12.3 Å². The van der Waals surface area contributed by atoms with Gasteiger partial charge in [0.25, 0.3) is 0 Å². The zero-order valence-electron chi connectivity index (χ0n) is 7.53. The van der Waals surface area contributed by atoms with E-state index in [4.69, 9.17) is 9.47 Å². The Morgan fingerprint density at radius 3 is 2.92 bits per heavy atom. The smallest absolute Gasteiger partial charge is 0.416 e. The van der Waals surface area contributed by atoms with E-state index < -0.39 is 0 Å². The summed E-state index contributed by atoms with van der Waals surface area (Å²) in [4.78, 5) is 12.6. The summed E-state index contributed by atoms with van der Waals surface area (Å²) in [6.45, 7) is 5.75. The number of hydrogen-bond donors (Lipinski definition) is 0. The van der Waals surface area contributed by atoms with E-state index in [0.29, 0.717) is 6.61 Å². The van der Waals surface area contributed by atoms with Gasteiger partial charge < -0.3 is 9.47 Å². The highest BCUT2D eigenvalue weighted by atomic mass is 16.6. The molecule has 1 aliphatic heterocycles. The standard InChI is InChI=1S/C8H13NO3/c1-4-11-8(10)9-5-6(2)12-7(9)3/h5,7H,4H2,1-3H3. The van der Waals surface area contributed by atoms with Crippen LogP contribution in [0.3, 0.4) is 0 Å². The molecule has 0 aromatic carbocycles. The predicted octanol–water partition coefficient (Wildman–Crippen LogP) is 1.68. The first-order valence-electron chi connectivity index (χ1n) is 3.95. The second-order valence-electron chi connectivity index (χ2n) is 2.56. The van der Waals surface area contributed by atoms with Crippen molar-refractivity contribution in [3.63, 3.8) is 0 Å². The summed E-state index contributed by atoms with van der Waals surface area (Å²) in [5, 5.41) is 0. The minimum Gasteiger partial charge on any atom is -0.473 e. The molecule has 1 rings (SSSR count). The third-order valence-electron chi connectivity index (χ3n) is 1.55. The van der Waals surface area contributed by atoms with Crippen LogP contribution in [-0.2, 0) is 9.47 Å². The van der Waals surface area contributed by atoms with Crippen molar-refractivity contribution in [2.24, 2.45) is 0 Å². The Kier molecular flexibility index (Phi) is 2.58. The van der Waals surface area contributed by atoms with Gasteiger partial charge in [0.1, 0.15) is 5.76 Å². The van der Waals surface area contributed by atoms with Crippen LogP contribution in [0.1, 0.15) is 20.8 Å². The highest BCUT2D eigenvalue weighted by molar-refractivity contribution is 5.69. The van der Waals surface area contributed by atoms with Crippen molar-refractivity contribution in [1.29, 1.82) is 0 Å². The first-order chi connectivity index (χ1) is 5.65. The molecule has 1 amide bonds. The molecule has 0 saturated carbocycles. The van der Waals surface area contributed by atoms with Crippen LogP contribution in [-0.4, -0.2) is 23.8 Å². The van der Waals surface area contributed by atoms with Gasteiger partial charge in [0.15, 0.2) is 6.23 Å². The molecule has 0 aliphatic carbocycles. The molecule has 0 aromatic rings. The van der Waals surface area contributed by atoms with Crippen LogP contribution in [0.5, 0.6) is 0 Å². The van der Waals surface area contributed by atoms with E-state index in [9.17, 15) is 4.79 Å². The molecule has 4 heteroatoms. The minimum atomic E-state index is -0.359. The van der Waals surface area contributed by atoms with E-state index in [1.54, 1.807) is 27.0 Å². The maximum atomic E-state index is 11.2. The van der Waals surface area contributed by atoms with Gasteiger partial charge in [-0.3, -0.25) is 0 Å². The Hall–Kier alpha value is -1.19. The Morgan fingerprint density at radius 1 is 1.83 bits per heavy atom. The van der Waals surface area contributed by atoms with Crippen LogP contribution in [0.15, 0.2) is 12.0 Å². The summed E-state index contributed by atoms with van der Waals surface area (Å²) in [5.74, 6) is 0.732. The highest BCUT2D eigenvalue weighted by Crippen LogP contribution is 2.17. The minimum absolute atomic E-state index is 0.246. The molecule has 0 aromatic heterocycles. The SMILES string of the molecule is CCOC(=O)N1C=C(C)OC1C. The third-order valence-corrected chi connectivity index (χ3v) is 1.55. The summed E-state index contributed by atoms with van der Waals surface area (Å²) >= 11 is 0. The topological polar surface area (TPSA) is 38.8 Å². The fourth-order valence-corrected chi connectivity index (χ4v) is 1.06. The van der Waals surface area contributed by atoms with E-state index in [1.165, 1.54) is 4.90 Å². The lowest BCUT2D eigenvalue weighted by Gasteiger charge is -2.17. The number of nitrogens with zero attached hydrogens (tertiary/aromatic N) is 1. The molecule has 0 bridgehead atoms. The lowest BCUT2D eigenvalue weighted by molar-refractivity contribution is 0.0448. The van der Waals surface area contributed by atoms with Crippen LogP contribution in [0.25, 0.3) is 0 Å². The summed E-state index contributed by atoms with van der Waals surface area (Å²) in [5.41, 5.74) is 0. The van der Waals surface area contributed by atoms with Crippen molar-refractivity contribution < 1.29 is 14.3 Å². The highest BCUT2D eigenvalue weighted by Gasteiger charge is 2.25. The molecular formula is C8H13NO3. The molecular weight excluding hydrogens is 158 g/mol. The van der Waals surface area contributed by atoms with E-state index in [0.717, 1.165) is 5.76 Å². The van der Waals surface area contributed by atoms with Crippen molar-refractivity contribution in [1.82, 2.24) is 4.90 Å². The van der Waals surface area contributed by atoms with E-state index >= 15 is 0 Å². The monoisotopic (exact) mass is 171 g/mol.